The Bertz CT molecular complexity index is 342. The van der Waals surface area contributed by atoms with E-state index >= 15 is 0 Å². The molecule has 6 heteroatoms. The number of hydrogen-bond acceptors (Lipinski definition) is 4. The molecule has 0 aliphatic carbocycles. The van der Waals surface area contributed by atoms with Gasteiger partial charge in [-0.1, -0.05) is 0 Å². The van der Waals surface area contributed by atoms with Crippen molar-refractivity contribution in [2.45, 2.75) is 12.5 Å². The van der Waals surface area contributed by atoms with E-state index in [-0.39, 0.29) is 18.2 Å². The van der Waals surface area contributed by atoms with Crippen LogP contribution in [0.3, 0.4) is 0 Å². The first-order valence-electron chi connectivity index (χ1n) is 5.99. The van der Waals surface area contributed by atoms with Crippen LogP contribution in [0.25, 0.3) is 0 Å². The van der Waals surface area contributed by atoms with Crippen molar-refractivity contribution in [1.82, 2.24) is 15.1 Å². The summed E-state index contributed by atoms with van der Waals surface area (Å²) in [5, 5.41) is 2.58. The highest BCUT2D eigenvalue weighted by Gasteiger charge is 2.25. The van der Waals surface area contributed by atoms with Crippen molar-refractivity contribution >= 4 is 11.8 Å². The van der Waals surface area contributed by atoms with E-state index in [1.165, 1.54) is 0 Å². The molecule has 18 heavy (non-hydrogen) atoms. The van der Waals surface area contributed by atoms with Gasteiger partial charge in [0.2, 0.25) is 11.8 Å². The molecule has 1 atom stereocenters. The monoisotopic (exact) mass is 252 g/mol. The summed E-state index contributed by atoms with van der Waals surface area (Å²) in [5.74, 6) is 2.27. The Kier molecular flexibility index (Phi) is 5.62. The molecule has 0 aromatic heterocycles. The highest BCUT2D eigenvalue weighted by Crippen LogP contribution is 2.04. The molecule has 1 heterocycles. The second-order valence-electron chi connectivity index (χ2n) is 4.29. The summed E-state index contributed by atoms with van der Waals surface area (Å²) in [6.07, 6.45) is 5.40. The van der Waals surface area contributed by atoms with Gasteiger partial charge >= 0.3 is 0 Å². The van der Waals surface area contributed by atoms with Crippen LogP contribution < -0.4 is 11.1 Å². The number of terminal acetylenes is 1. The molecular formula is C12H20N4O2. The lowest BCUT2D eigenvalue weighted by molar-refractivity contribution is -0.134. The summed E-state index contributed by atoms with van der Waals surface area (Å²) in [7, 11) is 1.61. The molecule has 0 saturated carbocycles. The number of nitrogens with zero attached hydrogens (tertiary/aromatic N) is 2. The fourth-order valence-electron chi connectivity index (χ4n) is 1.86. The average Bonchev–Trinajstić information content (AvgIpc) is 2.39. The minimum Gasteiger partial charge on any atom is -0.358 e. The van der Waals surface area contributed by atoms with Gasteiger partial charge in [0, 0.05) is 39.6 Å². The molecule has 1 saturated heterocycles. The van der Waals surface area contributed by atoms with Crippen LogP contribution in [-0.4, -0.2) is 67.4 Å². The molecule has 0 aromatic carbocycles. The first kappa shape index (κ1) is 14.5. The highest BCUT2D eigenvalue weighted by molar-refractivity contribution is 5.82. The SMILES string of the molecule is C#CCC(N)C(=O)N1CCN(CC(=O)NC)CC1. The number of rotatable bonds is 4. The van der Waals surface area contributed by atoms with Gasteiger partial charge < -0.3 is 16.0 Å². The van der Waals surface area contributed by atoms with Gasteiger partial charge in [0.15, 0.2) is 0 Å². The van der Waals surface area contributed by atoms with Gasteiger partial charge in [-0.15, -0.1) is 12.3 Å². The van der Waals surface area contributed by atoms with Crippen molar-refractivity contribution in [2.75, 3.05) is 39.8 Å². The number of carbonyl (C=O) groups excluding carboxylic acids is 2. The Hall–Kier alpha value is -1.58. The van der Waals surface area contributed by atoms with E-state index in [0.29, 0.717) is 32.7 Å². The smallest absolute Gasteiger partial charge is 0.240 e. The zero-order valence-corrected chi connectivity index (χ0v) is 10.7. The second kappa shape index (κ2) is 6.99. The van der Waals surface area contributed by atoms with E-state index in [2.05, 4.69) is 11.2 Å². The molecule has 1 fully saturated rings. The number of hydrogen-bond donors (Lipinski definition) is 2. The maximum Gasteiger partial charge on any atom is 0.240 e. The van der Waals surface area contributed by atoms with Crippen LogP contribution in [0.15, 0.2) is 0 Å². The van der Waals surface area contributed by atoms with Crippen molar-refractivity contribution in [1.29, 1.82) is 0 Å². The van der Waals surface area contributed by atoms with E-state index in [9.17, 15) is 9.59 Å². The Balaban J connectivity index is 2.37. The Morgan fingerprint density at radius 2 is 2.00 bits per heavy atom. The van der Waals surface area contributed by atoms with Gasteiger partial charge in [0.1, 0.15) is 0 Å². The number of nitrogens with one attached hydrogen (secondary N) is 1. The van der Waals surface area contributed by atoms with Crippen LogP contribution in [0.1, 0.15) is 6.42 Å². The summed E-state index contributed by atoms with van der Waals surface area (Å²) in [4.78, 5) is 26.8. The zero-order chi connectivity index (χ0) is 13.5. The van der Waals surface area contributed by atoms with Crippen LogP contribution >= 0.6 is 0 Å². The third-order valence-corrected chi connectivity index (χ3v) is 2.98. The second-order valence-corrected chi connectivity index (χ2v) is 4.29. The lowest BCUT2D eigenvalue weighted by atomic mass is 10.2. The van der Waals surface area contributed by atoms with Crippen molar-refractivity contribution in [3.8, 4) is 12.3 Å². The lowest BCUT2D eigenvalue weighted by Gasteiger charge is -2.35. The van der Waals surface area contributed by atoms with Crippen LogP contribution in [0.4, 0.5) is 0 Å². The minimum atomic E-state index is -0.611. The first-order valence-corrected chi connectivity index (χ1v) is 5.99. The highest BCUT2D eigenvalue weighted by atomic mass is 16.2. The van der Waals surface area contributed by atoms with Crippen LogP contribution in [0.5, 0.6) is 0 Å². The van der Waals surface area contributed by atoms with E-state index in [4.69, 9.17) is 12.2 Å². The van der Waals surface area contributed by atoms with E-state index in [1.807, 2.05) is 4.90 Å². The molecule has 100 valence electrons. The van der Waals surface area contributed by atoms with Gasteiger partial charge in [-0.2, -0.15) is 0 Å². The van der Waals surface area contributed by atoms with Crippen molar-refractivity contribution in [3.63, 3.8) is 0 Å². The number of nitrogens with two attached hydrogens (primary N) is 1. The zero-order valence-electron chi connectivity index (χ0n) is 10.7. The van der Waals surface area contributed by atoms with Crippen molar-refractivity contribution in [3.05, 3.63) is 0 Å². The minimum absolute atomic E-state index is 0.0150. The van der Waals surface area contributed by atoms with E-state index in [1.54, 1.807) is 11.9 Å². The Labute approximate surface area is 107 Å². The largest absolute Gasteiger partial charge is 0.358 e. The maximum absolute atomic E-state index is 11.9. The van der Waals surface area contributed by atoms with Crippen LogP contribution in [-0.2, 0) is 9.59 Å². The number of likely N-dealkylation sites (N-methyl/N-ethyl adjacent to an activating group) is 1. The summed E-state index contributed by atoms with van der Waals surface area (Å²) >= 11 is 0. The molecule has 1 unspecified atom stereocenters. The molecule has 0 aromatic rings. The molecule has 0 spiro atoms. The molecule has 1 aliphatic heterocycles. The van der Waals surface area contributed by atoms with Gasteiger partial charge in [-0.3, -0.25) is 14.5 Å². The van der Waals surface area contributed by atoms with Gasteiger partial charge in [-0.25, -0.2) is 0 Å². The molecule has 1 aliphatic rings. The van der Waals surface area contributed by atoms with Gasteiger partial charge in [-0.05, 0) is 0 Å². The summed E-state index contributed by atoms with van der Waals surface area (Å²) < 4.78 is 0. The molecule has 1 rings (SSSR count). The number of carbonyl (C=O) groups is 2. The van der Waals surface area contributed by atoms with Crippen molar-refractivity contribution in [2.24, 2.45) is 5.73 Å². The van der Waals surface area contributed by atoms with Crippen LogP contribution in [0.2, 0.25) is 0 Å². The molecular weight excluding hydrogens is 232 g/mol. The quantitative estimate of drug-likeness (QED) is 0.580. The molecule has 0 radical (unpaired) electrons. The van der Waals surface area contributed by atoms with Gasteiger partial charge in [0.05, 0.1) is 12.6 Å². The Morgan fingerprint density at radius 3 is 2.50 bits per heavy atom. The summed E-state index contributed by atoms with van der Waals surface area (Å²) in [5.41, 5.74) is 5.68. The Morgan fingerprint density at radius 1 is 1.39 bits per heavy atom. The standard InChI is InChI=1S/C12H20N4O2/c1-3-4-10(13)12(18)16-7-5-15(6-8-16)9-11(17)14-2/h1,10H,4-9,13H2,2H3,(H,14,17). The van der Waals surface area contributed by atoms with Crippen LogP contribution in [0, 0.1) is 12.3 Å². The van der Waals surface area contributed by atoms with E-state index < -0.39 is 6.04 Å². The first-order chi connectivity index (χ1) is 8.58. The predicted octanol–water partition coefficient (Wildman–Crippen LogP) is -1.77. The predicted molar refractivity (Wildman–Crippen MR) is 68.5 cm³/mol. The third kappa shape index (κ3) is 4.02. The summed E-state index contributed by atoms with van der Waals surface area (Å²) in [6, 6.07) is -0.611. The topological polar surface area (TPSA) is 78.7 Å². The van der Waals surface area contributed by atoms with E-state index in [0.717, 1.165) is 0 Å². The average molecular weight is 252 g/mol. The fourth-order valence-corrected chi connectivity index (χ4v) is 1.86. The number of amides is 2. The lowest BCUT2D eigenvalue weighted by Crippen LogP contribution is -2.54. The molecule has 2 amide bonds. The molecule has 0 bridgehead atoms. The number of piperazine rings is 1. The molecule has 3 N–H and O–H groups in total. The third-order valence-electron chi connectivity index (χ3n) is 2.98. The fraction of sp³-hybridized carbons (Fsp3) is 0.667. The normalized spacial score (nSPS) is 17.9. The molecule has 6 nitrogen and oxygen atoms in total. The van der Waals surface area contributed by atoms with Gasteiger partial charge in [0.25, 0.3) is 0 Å². The summed E-state index contributed by atoms with van der Waals surface area (Å²) in [6.45, 7) is 2.92. The maximum atomic E-state index is 11.9. The van der Waals surface area contributed by atoms with Crippen molar-refractivity contribution < 1.29 is 9.59 Å².